The molecule has 5 rings (SSSR count). The van der Waals surface area contributed by atoms with Gasteiger partial charge in [0.05, 0.1) is 12.1 Å². The number of hydrogen-bond acceptors (Lipinski definition) is 3. The Morgan fingerprint density at radius 3 is 2.52 bits per heavy atom. The second-order valence-corrected chi connectivity index (χ2v) is 7.41. The molecule has 2 aliphatic rings. The Labute approximate surface area is 158 Å². The Morgan fingerprint density at radius 1 is 0.889 bits per heavy atom. The van der Waals surface area contributed by atoms with Gasteiger partial charge in [-0.25, -0.2) is 0 Å². The van der Waals surface area contributed by atoms with Crippen molar-refractivity contribution in [3.63, 3.8) is 0 Å². The molecule has 0 spiro atoms. The number of aromatic nitrogens is 2. The highest BCUT2D eigenvalue weighted by atomic mass is 16.2. The SMILES string of the molecule is O=C1c2cccn2[C@H]2CN(Cc3cccnc3)C[C@@H]2N1Cc1ccccc1. The number of likely N-dealkylation sites (tertiary alicyclic amines) is 1. The largest absolute Gasteiger partial charge is 0.337 e. The zero-order valence-electron chi connectivity index (χ0n) is 15.1. The molecule has 5 heteroatoms. The van der Waals surface area contributed by atoms with E-state index in [0.717, 1.165) is 25.3 Å². The summed E-state index contributed by atoms with van der Waals surface area (Å²) in [5, 5.41) is 0. The zero-order chi connectivity index (χ0) is 18.2. The van der Waals surface area contributed by atoms with Gasteiger partial charge in [-0.3, -0.25) is 14.7 Å². The first kappa shape index (κ1) is 16.3. The molecular formula is C22H22N4O. The molecule has 0 aliphatic carbocycles. The Bertz CT molecular complexity index is 937. The smallest absolute Gasteiger partial charge is 0.271 e. The highest BCUT2D eigenvalue weighted by Crippen LogP contribution is 2.35. The molecule has 3 aromatic rings. The van der Waals surface area contributed by atoms with E-state index >= 15 is 0 Å². The third-order valence-electron chi connectivity index (χ3n) is 5.68. The Kier molecular flexibility index (Phi) is 4.02. The summed E-state index contributed by atoms with van der Waals surface area (Å²) in [6.45, 7) is 3.35. The molecule has 27 heavy (non-hydrogen) atoms. The number of rotatable bonds is 4. The van der Waals surface area contributed by atoms with Crippen LogP contribution in [0.1, 0.15) is 27.7 Å². The van der Waals surface area contributed by atoms with Gasteiger partial charge in [-0.05, 0) is 29.3 Å². The molecule has 4 heterocycles. The standard InChI is InChI=1S/C22H22N4O/c27-22-19-9-5-11-25(19)20-15-24(13-18-8-4-10-23-12-18)16-21(20)26(22)14-17-6-2-1-3-7-17/h1-12,20-21H,13-16H2/t20-,21-/m0/s1. The molecule has 0 radical (unpaired) electrons. The lowest BCUT2D eigenvalue weighted by molar-refractivity contribution is 0.0556. The summed E-state index contributed by atoms with van der Waals surface area (Å²) < 4.78 is 2.18. The third-order valence-corrected chi connectivity index (χ3v) is 5.68. The van der Waals surface area contributed by atoms with Gasteiger partial charge < -0.3 is 9.47 Å². The van der Waals surface area contributed by atoms with E-state index in [2.05, 4.69) is 43.7 Å². The molecule has 1 saturated heterocycles. The van der Waals surface area contributed by atoms with E-state index in [1.165, 1.54) is 11.1 Å². The minimum atomic E-state index is 0.133. The Hall–Kier alpha value is -2.92. The predicted molar refractivity (Wildman–Crippen MR) is 103 cm³/mol. The van der Waals surface area contributed by atoms with Gasteiger partial charge in [0.1, 0.15) is 5.69 Å². The van der Waals surface area contributed by atoms with Gasteiger partial charge in [-0.2, -0.15) is 0 Å². The molecule has 0 unspecified atom stereocenters. The van der Waals surface area contributed by atoms with Crippen molar-refractivity contribution < 1.29 is 4.79 Å². The van der Waals surface area contributed by atoms with Crippen molar-refractivity contribution in [3.05, 3.63) is 90.0 Å². The molecule has 1 amide bonds. The minimum Gasteiger partial charge on any atom is -0.337 e. The van der Waals surface area contributed by atoms with Gasteiger partial charge >= 0.3 is 0 Å². The average molecular weight is 358 g/mol. The van der Waals surface area contributed by atoms with Crippen LogP contribution in [-0.2, 0) is 13.1 Å². The van der Waals surface area contributed by atoms with Gasteiger partial charge in [0.15, 0.2) is 0 Å². The Balaban J connectivity index is 1.44. The molecule has 2 aliphatic heterocycles. The van der Waals surface area contributed by atoms with Gasteiger partial charge in [-0.15, -0.1) is 0 Å². The first-order valence-corrected chi connectivity index (χ1v) is 9.42. The molecule has 0 bridgehead atoms. The van der Waals surface area contributed by atoms with E-state index in [1.807, 2.05) is 42.6 Å². The molecule has 2 atom stereocenters. The van der Waals surface area contributed by atoms with Crippen molar-refractivity contribution >= 4 is 5.91 Å². The van der Waals surface area contributed by atoms with E-state index in [1.54, 1.807) is 6.20 Å². The lowest BCUT2D eigenvalue weighted by Crippen LogP contribution is -2.49. The lowest BCUT2D eigenvalue weighted by atomic mass is 10.0. The van der Waals surface area contributed by atoms with E-state index in [4.69, 9.17) is 0 Å². The second-order valence-electron chi connectivity index (χ2n) is 7.41. The maximum Gasteiger partial charge on any atom is 0.271 e. The third kappa shape index (κ3) is 2.94. The van der Waals surface area contributed by atoms with E-state index in [-0.39, 0.29) is 11.9 Å². The normalized spacial score (nSPS) is 21.9. The summed E-state index contributed by atoms with van der Waals surface area (Å²) in [5.41, 5.74) is 3.19. The van der Waals surface area contributed by atoms with Crippen LogP contribution in [-0.4, -0.2) is 44.4 Å². The van der Waals surface area contributed by atoms with Crippen LogP contribution in [0, 0.1) is 0 Å². The second kappa shape index (κ2) is 6.67. The minimum absolute atomic E-state index is 0.133. The molecule has 2 aromatic heterocycles. The molecule has 1 aromatic carbocycles. The molecule has 5 nitrogen and oxygen atoms in total. The summed E-state index contributed by atoms with van der Waals surface area (Å²) in [6, 6.07) is 18.8. The van der Waals surface area contributed by atoms with Crippen molar-refractivity contribution in [1.29, 1.82) is 0 Å². The fourth-order valence-electron chi connectivity index (χ4n) is 4.44. The van der Waals surface area contributed by atoms with E-state index in [0.29, 0.717) is 12.6 Å². The van der Waals surface area contributed by atoms with Gasteiger partial charge in [0.2, 0.25) is 0 Å². The summed E-state index contributed by atoms with van der Waals surface area (Å²) in [6.07, 6.45) is 5.79. The lowest BCUT2D eigenvalue weighted by Gasteiger charge is -2.38. The number of carbonyl (C=O) groups excluding carboxylic acids is 1. The number of fused-ring (bicyclic) bond motifs is 3. The zero-order valence-corrected chi connectivity index (χ0v) is 15.1. The van der Waals surface area contributed by atoms with Crippen LogP contribution in [0.5, 0.6) is 0 Å². The monoisotopic (exact) mass is 358 g/mol. The molecular weight excluding hydrogens is 336 g/mol. The fraction of sp³-hybridized carbons (Fsp3) is 0.273. The first-order valence-electron chi connectivity index (χ1n) is 9.42. The van der Waals surface area contributed by atoms with Crippen molar-refractivity contribution in [2.75, 3.05) is 13.1 Å². The Morgan fingerprint density at radius 2 is 1.70 bits per heavy atom. The molecule has 136 valence electrons. The van der Waals surface area contributed by atoms with Crippen molar-refractivity contribution in [2.45, 2.75) is 25.2 Å². The quantitative estimate of drug-likeness (QED) is 0.720. The predicted octanol–water partition coefficient (Wildman–Crippen LogP) is 2.96. The average Bonchev–Trinajstić information content (AvgIpc) is 3.34. The number of benzene rings is 1. The number of amides is 1. The number of pyridine rings is 1. The maximum atomic E-state index is 13.2. The van der Waals surface area contributed by atoms with Crippen LogP contribution >= 0.6 is 0 Å². The topological polar surface area (TPSA) is 41.4 Å². The van der Waals surface area contributed by atoms with Crippen molar-refractivity contribution in [3.8, 4) is 0 Å². The van der Waals surface area contributed by atoms with E-state index < -0.39 is 0 Å². The van der Waals surface area contributed by atoms with Crippen LogP contribution in [0.2, 0.25) is 0 Å². The maximum absolute atomic E-state index is 13.2. The van der Waals surface area contributed by atoms with Crippen LogP contribution in [0.3, 0.4) is 0 Å². The number of carbonyl (C=O) groups is 1. The highest BCUT2D eigenvalue weighted by molar-refractivity contribution is 5.94. The molecule has 0 N–H and O–H groups in total. The highest BCUT2D eigenvalue weighted by Gasteiger charge is 2.44. The van der Waals surface area contributed by atoms with Gasteiger partial charge in [-0.1, -0.05) is 36.4 Å². The molecule has 0 saturated carbocycles. The van der Waals surface area contributed by atoms with Crippen LogP contribution in [0.4, 0.5) is 0 Å². The molecule has 1 fully saturated rings. The summed E-state index contributed by atoms with van der Waals surface area (Å²) >= 11 is 0. The number of hydrogen-bond donors (Lipinski definition) is 0. The van der Waals surface area contributed by atoms with Gasteiger partial charge in [0, 0.05) is 44.8 Å². The summed E-state index contributed by atoms with van der Waals surface area (Å²) in [5.74, 6) is 0.133. The fourth-order valence-corrected chi connectivity index (χ4v) is 4.44. The number of nitrogens with zero attached hydrogens (tertiary/aromatic N) is 4. The first-order chi connectivity index (χ1) is 13.3. The van der Waals surface area contributed by atoms with Crippen molar-refractivity contribution in [1.82, 2.24) is 19.4 Å². The summed E-state index contributed by atoms with van der Waals surface area (Å²) in [4.78, 5) is 21.9. The van der Waals surface area contributed by atoms with Gasteiger partial charge in [0.25, 0.3) is 5.91 Å². The summed E-state index contributed by atoms with van der Waals surface area (Å²) in [7, 11) is 0. The van der Waals surface area contributed by atoms with E-state index in [9.17, 15) is 4.79 Å². The van der Waals surface area contributed by atoms with Crippen LogP contribution in [0.25, 0.3) is 0 Å². The van der Waals surface area contributed by atoms with Crippen LogP contribution < -0.4 is 0 Å². The van der Waals surface area contributed by atoms with Crippen LogP contribution in [0.15, 0.2) is 73.2 Å². The van der Waals surface area contributed by atoms with Crippen molar-refractivity contribution in [2.24, 2.45) is 0 Å².